The zero-order valence-electron chi connectivity index (χ0n) is 24.1. The fourth-order valence-corrected chi connectivity index (χ4v) is 6.93. The van der Waals surface area contributed by atoms with Gasteiger partial charge in [-0.1, -0.05) is 65.2 Å². The van der Waals surface area contributed by atoms with Crippen LogP contribution in [0, 0.1) is 23.1 Å². The Bertz CT molecular complexity index is 1070. The average Bonchev–Trinajstić information content (AvgIpc) is 2.94. The van der Waals surface area contributed by atoms with Gasteiger partial charge >= 0.3 is 0 Å². The first-order chi connectivity index (χ1) is 18.7. The van der Waals surface area contributed by atoms with Crippen LogP contribution in [0.25, 0.3) is 0 Å². The number of hydrogen-bond acceptors (Lipinski definition) is 3. The number of nitrogens with zero attached hydrogens (tertiary/aromatic N) is 2. The van der Waals surface area contributed by atoms with E-state index >= 15 is 0 Å². The van der Waals surface area contributed by atoms with Crippen LogP contribution in [0.15, 0.2) is 36.4 Å². The van der Waals surface area contributed by atoms with E-state index in [4.69, 9.17) is 0 Å². The Morgan fingerprint density at radius 3 is 2.51 bits per heavy atom. The molecule has 2 aliphatic carbocycles. The number of likely N-dealkylation sites (tertiary alicyclic amines) is 1. The average molecular weight is 540 g/mol. The minimum atomic E-state index is -0.886. The number of amides is 3. The van der Waals surface area contributed by atoms with Crippen molar-refractivity contribution in [2.24, 2.45) is 17.3 Å². The van der Waals surface area contributed by atoms with Gasteiger partial charge in [0.05, 0.1) is 0 Å². The van der Waals surface area contributed by atoms with Gasteiger partial charge in [-0.3, -0.25) is 19.3 Å². The molecule has 1 heterocycles. The van der Waals surface area contributed by atoms with E-state index in [1.807, 2.05) is 0 Å². The Balaban J connectivity index is 1.84. The van der Waals surface area contributed by atoms with Crippen LogP contribution in [-0.2, 0) is 14.4 Å². The van der Waals surface area contributed by atoms with E-state index in [1.165, 1.54) is 18.6 Å². The van der Waals surface area contributed by atoms with Crippen LogP contribution in [0.2, 0.25) is 0 Å². The molecule has 214 valence electrons. The van der Waals surface area contributed by atoms with Gasteiger partial charge in [0, 0.05) is 30.1 Å². The summed E-state index contributed by atoms with van der Waals surface area (Å²) in [5.41, 5.74) is -0.328. The van der Waals surface area contributed by atoms with E-state index in [1.54, 1.807) is 28.9 Å². The summed E-state index contributed by atoms with van der Waals surface area (Å²) < 4.78 is 14.7. The summed E-state index contributed by atoms with van der Waals surface area (Å²) >= 11 is 0. The van der Waals surface area contributed by atoms with Gasteiger partial charge in [-0.2, -0.15) is 0 Å². The van der Waals surface area contributed by atoms with Gasteiger partial charge in [0.25, 0.3) is 5.91 Å². The van der Waals surface area contributed by atoms with E-state index in [-0.39, 0.29) is 29.7 Å². The Morgan fingerprint density at radius 2 is 1.82 bits per heavy atom. The maximum Gasteiger partial charge on any atom is 0.250 e. The maximum atomic E-state index is 14.7. The lowest BCUT2D eigenvalue weighted by molar-refractivity contribution is -0.142. The molecule has 5 unspecified atom stereocenters. The molecule has 1 saturated heterocycles. The number of nitrogens with one attached hydrogen (secondary N) is 1. The summed E-state index contributed by atoms with van der Waals surface area (Å²) in [6.45, 7) is 8.71. The van der Waals surface area contributed by atoms with E-state index in [9.17, 15) is 18.8 Å². The van der Waals surface area contributed by atoms with Crippen molar-refractivity contribution in [1.29, 1.82) is 0 Å². The van der Waals surface area contributed by atoms with Crippen LogP contribution in [0.4, 0.5) is 10.1 Å². The highest BCUT2D eigenvalue weighted by atomic mass is 19.1. The third-order valence-corrected chi connectivity index (χ3v) is 9.60. The predicted octanol–water partition coefficient (Wildman–Crippen LogP) is 6.01. The fraction of sp³-hybridized carbons (Fsp3) is 0.656. The second-order valence-electron chi connectivity index (χ2n) is 12.2. The number of carbonyl (C=O) groups excluding carboxylic acids is 3. The van der Waals surface area contributed by atoms with Gasteiger partial charge in [-0.15, -0.1) is 0 Å². The Kier molecular flexibility index (Phi) is 9.50. The smallest absolute Gasteiger partial charge is 0.250 e. The summed E-state index contributed by atoms with van der Waals surface area (Å²) in [6, 6.07) is 4.49. The number of anilines is 1. The van der Waals surface area contributed by atoms with Gasteiger partial charge in [0.1, 0.15) is 17.9 Å². The highest BCUT2D eigenvalue weighted by molar-refractivity contribution is 6.05. The molecule has 7 heteroatoms. The number of benzene rings is 1. The first kappa shape index (κ1) is 29.3. The number of rotatable bonds is 7. The van der Waals surface area contributed by atoms with E-state index < -0.39 is 23.3 Å². The fourth-order valence-electron chi connectivity index (χ4n) is 6.93. The second-order valence-corrected chi connectivity index (χ2v) is 12.2. The third-order valence-electron chi connectivity index (χ3n) is 9.60. The lowest BCUT2D eigenvalue weighted by Crippen LogP contribution is -2.64. The van der Waals surface area contributed by atoms with E-state index in [0.717, 1.165) is 44.9 Å². The minimum absolute atomic E-state index is 0.0648. The number of carbonyl (C=O) groups is 3. The molecule has 0 aromatic heterocycles. The molecule has 1 aromatic rings. The van der Waals surface area contributed by atoms with Crippen LogP contribution < -0.4 is 10.2 Å². The van der Waals surface area contributed by atoms with Crippen molar-refractivity contribution < 1.29 is 18.8 Å². The van der Waals surface area contributed by atoms with E-state index in [0.29, 0.717) is 31.0 Å². The first-order valence-corrected chi connectivity index (χ1v) is 15.0. The van der Waals surface area contributed by atoms with E-state index in [2.05, 4.69) is 38.2 Å². The number of hydrogen-bond donors (Lipinski definition) is 1. The van der Waals surface area contributed by atoms with Crippen LogP contribution in [0.1, 0.15) is 91.9 Å². The van der Waals surface area contributed by atoms with Gasteiger partial charge in [-0.05, 0) is 68.6 Å². The molecule has 3 amide bonds. The van der Waals surface area contributed by atoms with Gasteiger partial charge in [-0.25, -0.2) is 4.39 Å². The molecule has 1 N–H and O–H groups in total. The van der Waals surface area contributed by atoms with Gasteiger partial charge < -0.3 is 10.2 Å². The molecule has 0 radical (unpaired) electrons. The predicted molar refractivity (Wildman–Crippen MR) is 153 cm³/mol. The van der Waals surface area contributed by atoms with Crippen LogP contribution >= 0.6 is 0 Å². The summed E-state index contributed by atoms with van der Waals surface area (Å²) in [4.78, 5) is 45.2. The minimum Gasteiger partial charge on any atom is -0.352 e. The largest absolute Gasteiger partial charge is 0.352 e. The van der Waals surface area contributed by atoms with Crippen molar-refractivity contribution >= 4 is 23.4 Å². The second kappa shape index (κ2) is 12.6. The lowest BCUT2D eigenvalue weighted by atomic mass is 9.63. The summed E-state index contributed by atoms with van der Waals surface area (Å²) in [6.07, 6.45) is 12.8. The molecule has 1 saturated carbocycles. The normalized spacial score (nSPS) is 28.5. The topological polar surface area (TPSA) is 69.7 Å². The zero-order valence-corrected chi connectivity index (χ0v) is 24.1. The standard InChI is InChI=1S/C32H46FN3O3/c1-5-28(37)35-20-10-9-18-27(35)31(39)36(26-17-11-14-24(33)21-26)29(30(38)34-25-15-7-6-8-16-25)32(4)19-12-13-22(2)23(32)3/h11-12,14,17,19,21-23,25,27,29H,5-10,13,15-16,18,20H2,1-4H3,(H,34,38). The maximum absolute atomic E-state index is 14.7. The number of allylic oxidation sites excluding steroid dienone is 1. The lowest BCUT2D eigenvalue weighted by Gasteiger charge is -2.50. The van der Waals surface area contributed by atoms with Crippen molar-refractivity contribution in [1.82, 2.24) is 10.2 Å². The SMILES string of the molecule is CCC(=O)N1CCCCC1C(=O)N(c1cccc(F)c1)C(C(=O)NC1CCCCC1)C1(C)C=CCC(C)C1C. The molecule has 39 heavy (non-hydrogen) atoms. The third kappa shape index (κ3) is 6.22. The van der Waals surface area contributed by atoms with Crippen molar-refractivity contribution in [3.8, 4) is 0 Å². The van der Waals surface area contributed by atoms with Crippen molar-refractivity contribution in [2.75, 3.05) is 11.4 Å². The van der Waals surface area contributed by atoms with Gasteiger partial charge in [0.15, 0.2) is 0 Å². The molecule has 1 aliphatic heterocycles. The van der Waals surface area contributed by atoms with Crippen molar-refractivity contribution in [2.45, 2.75) is 110 Å². The van der Waals surface area contributed by atoms with Crippen molar-refractivity contribution in [3.63, 3.8) is 0 Å². The molecular formula is C32H46FN3O3. The monoisotopic (exact) mass is 539 g/mol. The highest BCUT2D eigenvalue weighted by Gasteiger charge is 2.51. The molecule has 0 bridgehead atoms. The van der Waals surface area contributed by atoms with Crippen LogP contribution in [-0.4, -0.2) is 47.3 Å². The quantitative estimate of drug-likeness (QED) is 0.432. The highest BCUT2D eigenvalue weighted by Crippen LogP contribution is 2.46. The summed E-state index contributed by atoms with van der Waals surface area (Å²) in [7, 11) is 0. The van der Waals surface area contributed by atoms with Crippen LogP contribution in [0.3, 0.4) is 0 Å². The molecule has 6 nitrogen and oxygen atoms in total. The molecule has 3 aliphatic rings. The summed E-state index contributed by atoms with van der Waals surface area (Å²) in [5, 5.41) is 3.30. The number of halogens is 1. The van der Waals surface area contributed by atoms with Crippen molar-refractivity contribution in [3.05, 3.63) is 42.2 Å². The zero-order chi connectivity index (χ0) is 28.2. The molecule has 1 aromatic carbocycles. The van der Waals surface area contributed by atoms with Crippen LogP contribution in [0.5, 0.6) is 0 Å². The molecule has 4 rings (SSSR count). The Labute approximate surface area is 233 Å². The molecule has 2 fully saturated rings. The first-order valence-electron chi connectivity index (χ1n) is 15.0. The van der Waals surface area contributed by atoms with Gasteiger partial charge in [0.2, 0.25) is 11.8 Å². The summed E-state index contributed by atoms with van der Waals surface area (Å²) in [5.74, 6) is -0.632. The Hall–Kier alpha value is -2.70. The molecule has 0 spiro atoms. The Morgan fingerprint density at radius 1 is 1.10 bits per heavy atom. The molecule has 5 atom stereocenters. The molecular weight excluding hydrogens is 493 g/mol. The number of piperidine rings is 1.